The van der Waals surface area contributed by atoms with Crippen LogP contribution < -0.4 is 0 Å². The van der Waals surface area contributed by atoms with Crippen molar-refractivity contribution in [2.45, 2.75) is 26.2 Å². The fraction of sp³-hybridized carbons (Fsp3) is 0.364. The van der Waals surface area contributed by atoms with Gasteiger partial charge in [0, 0.05) is 21.5 Å². The molecule has 0 aliphatic rings. The molecule has 2 rings (SSSR count). The summed E-state index contributed by atoms with van der Waals surface area (Å²) in [6.45, 7) is 6.58. The minimum absolute atomic E-state index is 0.121. The van der Waals surface area contributed by atoms with Crippen LogP contribution in [0.1, 0.15) is 26.5 Å². The Kier molecular flexibility index (Phi) is 2.19. The molecule has 0 spiro atoms. The Morgan fingerprint density at radius 2 is 2.14 bits per heavy atom. The highest BCUT2D eigenvalue weighted by Gasteiger charge is 2.20. The van der Waals surface area contributed by atoms with Crippen LogP contribution in [0.3, 0.4) is 0 Å². The van der Waals surface area contributed by atoms with Crippen LogP contribution in [0.5, 0.6) is 0 Å². The summed E-state index contributed by atoms with van der Waals surface area (Å²) in [7, 11) is 0. The van der Waals surface area contributed by atoms with E-state index in [1.54, 1.807) is 11.3 Å². The van der Waals surface area contributed by atoms with Crippen LogP contribution in [0.25, 0.3) is 10.4 Å². The van der Waals surface area contributed by atoms with Crippen LogP contribution >= 0.6 is 11.3 Å². The number of hydrogen-bond acceptors (Lipinski definition) is 2. The highest BCUT2D eigenvalue weighted by molar-refractivity contribution is 7.13. The van der Waals surface area contributed by atoms with E-state index >= 15 is 0 Å². The number of nitrogens with one attached hydrogen (secondary N) is 1. The molecule has 0 aliphatic heterocycles. The molecule has 1 N–H and O–H groups in total. The van der Waals surface area contributed by atoms with Gasteiger partial charge in [0.25, 0.3) is 0 Å². The van der Waals surface area contributed by atoms with Gasteiger partial charge in [-0.2, -0.15) is 5.10 Å². The average molecular weight is 206 g/mol. The van der Waals surface area contributed by atoms with E-state index in [0.29, 0.717) is 0 Å². The van der Waals surface area contributed by atoms with Gasteiger partial charge in [-0.15, -0.1) is 11.3 Å². The van der Waals surface area contributed by atoms with Crippen molar-refractivity contribution < 1.29 is 0 Å². The molecule has 2 aromatic rings. The van der Waals surface area contributed by atoms with Crippen molar-refractivity contribution in [3.63, 3.8) is 0 Å². The molecule has 0 saturated carbocycles. The molecule has 3 heteroatoms. The van der Waals surface area contributed by atoms with Crippen molar-refractivity contribution >= 4 is 11.3 Å². The van der Waals surface area contributed by atoms with E-state index in [0.717, 1.165) is 0 Å². The lowest BCUT2D eigenvalue weighted by Crippen LogP contribution is -2.12. The van der Waals surface area contributed by atoms with Gasteiger partial charge in [-0.05, 0) is 11.4 Å². The van der Waals surface area contributed by atoms with Crippen molar-refractivity contribution in [3.05, 3.63) is 29.4 Å². The van der Waals surface area contributed by atoms with Crippen molar-refractivity contribution in [3.8, 4) is 10.4 Å². The van der Waals surface area contributed by atoms with Crippen LogP contribution in [0.15, 0.2) is 23.7 Å². The van der Waals surface area contributed by atoms with E-state index in [1.807, 2.05) is 6.20 Å². The number of thiophene rings is 1. The molecule has 14 heavy (non-hydrogen) atoms. The Morgan fingerprint density at radius 3 is 2.71 bits per heavy atom. The standard InChI is InChI=1S/C11H14N2S/c1-11(2,3)10-8(7-12-13-10)9-5-4-6-14-9/h4-7H,1-3H3,(H,12,13). The number of hydrogen-bond donors (Lipinski definition) is 1. The molecule has 0 unspecified atom stereocenters. The molecule has 0 atom stereocenters. The molecule has 0 radical (unpaired) electrons. The molecule has 2 aromatic heterocycles. The molecule has 74 valence electrons. The summed E-state index contributed by atoms with van der Waals surface area (Å²) in [5, 5.41) is 9.31. The monoisotopic (exact) mass is 206 g/mol. The minimum atomic E-state index is 0.121. The van der Waals surface area contributed by atoms with Gasteiger partial charge >= 0.3 is 0 Å². The number of H-pyrrole nitrogens is 1. The summed E-state index contributed by atoms with van der Waals surface area (Å²) >= 11 is 1.75. The van der Waals surface area contributed by atoms with Crippen LogP contribution in [-0.4, -0.2) is 10.2 Å². The zero-order valence-corrected chi connectivity index (χ0v) is 9.48. The molecule has 0 fully saturated rings. The van der Waals surface area contributed by atoms with E-state index in [4.69, 9.17) is 0 Å². The molecule has 0 amide bonds. The third kappa shape index (κ3) is 1.60. The SMILES string of the molecule is CC(C)(C)c1[nH]ncc1-c1cccs1. The fourth-order valence-electron chi connectivity index (χ4n) is 1.48. The van der Waals surface area contributed by atoms with Crippen LogP contribution in [0.4, 0.5) is 0 Å². The molecule has 0 bridgehead atoms. The summed E-state index contributed by atoms with van der Waals surface area (Å²) in [4.78, 5) is 1.28. The quantitative estimate of drug-likeness (QED) is 0.760. The van der Waals surface area contributed by atoms with Gasteiger partial charge in [-0.1, -0.05) is 26.8 Å². The first-order valence-electron chi connectivity index (χ1n) is 4.67. The van der Waals surface area contributed by atoms with E-state index < -0.39 is 0 Å². The van der Waals surface area contributed by atoms with Crippen molar-refractivity contribution in [2.75, 3.05) is 0 Å². The smallest absolute Gasteiger partial charge is 0.0577 e. The topological polar surface area (TPSA) is 28.7 Å². The first kappa shape index (κ1) is 9.46. The van der Waals surface area contributed by atoms with Crippen LogP contribution in [-0.2, 0) is 5.41 Å². The summed E-state index contributed by atoms with van der Waals surface area (Å²) < 4.78 is 0. The van der Waals surface area contributed by atoms with Gasteiger partial charge in [-0.25, -0.2) is 0 Å². The Bertz CT molecular complexity index is 407. The van der Waals surface area contributed by atoms with Gasteiger partial charge in [0.1, 0.15) is 0 Å². The molecule has 0 saturated heterocycles. The molecular formula is C11H14N2S. The van der Waals surface area contributed by atoms with Crippen molar-refractivity contribution in [1.82, 2.24) is 10.2 Å². The Morgan fingerprint density at radius 1 is 1.36 bits per heavy atom. The van der Waals surface area contributed by atoms with E-state index in [1.165, 1.54) is 16.1 Å². The first-order chi connectivity index (χ1) is 6.59. The molecule has 0 aliphatic carbocycles. The summed E-state index contributed by atoms with van der Waals surface area (Å²) in [6, 6.07) is 4.20. The Balaban J connectivity index is 2.51. The van der Waals surface area contributed by atoms with Crippen LogP contribution in [0, 0.1) is 0 Å². The fourth-order valence-corrected chi connectivity index (χ4v) is 2.22. The highest BCUT2D eigenvalue weighted by atomic mass is 32.1. The van der Waals surface area contributed by atoms with Gasteiger partial charge in [0.05, 0.1) is 6.20 Å². The van der Waals surface area contributed by atoms with Crippen molar-refractivity contribution in [1.29, 1.82) is 0 Å². The van der Waals surface area contributed by atoms with Gasteiger partial charge in [0.2, 0.25) is 0 Å². The normalized spacial score (nSPS) is 11.9. The molecular weight excluding hydrogens is 192 g/mol. The second kappa shape index (κ2) is 3.24. The first-order valence-corrected chi connectivity index (χ1v) is 5.55. The summed E-state index contributed by atoms with van der Waals surface area (Å²) in [6.07, 6.45) is 1.91. The second-order valence-electron chi connectivity index (χ2n) is 4.39. The average Bonchev–Trinajstić information content (AvgIpc) is 2.73. The predicted molar refractivity (Wildman–Crippen MR) is 60.6 cm³/mol. The number of aromatic amines is 1. The van der Waals surface area contributed by atoms with E-state index in [2.05, 4.69) is 48.5 Å². The highest BCUT2D eigenvalue weighted by Crippen LogP contribution is 2.33. The van der Waals surface area contributed by atoms with E-state index in [-0.39, 0.29) is 5.41 Å². The number of nitrogens with zero attached hydrogens (tertiary/aromatic N) is 1. The molecule has 0 aromatic carbocycles. The number of aromatic nitrogens is 2. The predicted octanol–water partition coefficient (Wildman–Crippen LogP) is 3.44. The lowest BCUT2D eigenvalue weighted by atomic mass is 9.89. The van der Waals surface area contributed by atoms with Gasteiger partial charge in [0.15, 0.2) is 0 Å². The largest absolute Gasteiger partial charge is 0.281 e. The second-order valence-corrected chi connectivity index (χ2v) is 5.33. The maximum Gasteiger partial charge on any atom is 0.0577 e. The maximum absolute atomic E-state index is 4.13. The zero-order chi connectivity index (χ0) is 10.2. The van der Waals surface area contributed by atoms with Crippen molar-refractivity contribution in [2.24, 2.45) is 0 Å². The van der Waals surface area contributed by atoms with Crippen LogP contribution in [0.2, 0.25) is 0 Å². The lowest BCUT2D eigenvalue weighted by molar-refractivity contribution is 0.568. The Labute approximate surface area is 88.0 Å². The summed E-state index contributed by atoms with van der Waals surface area (Å²) in [5.41, 5.74) is 2.56. The Hall–Kier alpha value is -1.09. The number of rotatable bonds is 1. The molecule has 2 heterocycles. The third-order valence-electron chi connectivity index (χ3n) is 2.18. The zero-order valence-electron chi connectivity index (χ0n) is 8.66. The third-order valence-corrected chi connectivity index (χ3v) is 3.08. The van der Waals surface area contributed by atoms with E-state index in [9.17, 15) is 0 Å². The van der Waals surface area contributed by atoms with Gasteiger partial charge < -0.3 is 0 Å². The lowest BCUT2D eigenvalue weighted by Gasteiger charge is -2.17. The van der Waals surface area contributed by atoms with Gasteiger partial charge in [-0.3, -0.25) is 5.10 Å². The molecule has 2 nitrogen and oxygen atoms in total. The minimum Gasteiger partial charge on any atom is -0.281 e. The summed E-state index contributed by atoms with van der Waals surface area (Å²) in [5.74, 6) is 0. The maximum atomic E-state index is 4.13.